The van der Waals surface area contributed by atoms with Gasteiger partial charge in [-0.15, -0.1) is 11.3 Å². The van der Waals surface area contributed by atoms with E-state index in [9.17, 15) is 4.79 Å². The lowest BCUT2D eigenvalue weighted by Gasteiger charge is -2.00. The monoisotopic (exact) mass is 318 g/mol. The molecule has 2 heterocycles. The molecule has 0 aliphatic heterocycles. The van der Waals surface area contributed by atoms with Gasteiger partial charge in [-0.2, -0.15) is 0 Å². The molecule has 0 aliphatic carbocycles. The van der Waals surface area contributed by atoms with Gasteiger partial charge < -0.3 is 5.11 Å². The van der Waals surface area contributed by atoms with Crippen LogP contribution in [0.3, 0.4) is 0 Å². The fourth-order valence-electron chi connectivity index (χ4n) is 2.10. The van der Waals surface area contributed by atoms with Crippen molar-refractivity contribution in [1.82, 2.24) is 9.38 Å². The van der Waals surface area contributed by atoms with Crippen LogP contribution >= 0.6 is 22.9 Å². The highest BCUT2D eigenvalue weighted by molar-refractivity contribution is 7.17. The van der Waals surface area contributed by atoms with Crippen LogP contribution in [0, 0.1) is 6.92 Å². The molecule has 0 unspecified atom stereocenters. The first-order valence-corrected chi connectivity index (χ1v) is 7.39. The third-order valence-corrected chi connectivity index (χ3v) is 4.13. The van der Waals surface area contributed by atoms with Crippen LogP contribution in [0.2, 0.25) is 5.02 Å². The zero-order valence-electron chi connectivity index (χ0n) is 11.1. The third kappa shape index (κ3) is 2.70. The zero-order valence-corrected chi connectivity index (χ0v) is 12.6. The Bertz CT molecular complexity index is 847. The first-order valence-electron chi connectivity index (χ1n) is 6.20. The molecule has 6 heteroatoms. The van der Waals surface area contributed by atoms with Crippen LogP contribution in [0.5, 0.6) is 0 Å². The van der Waals surface area contributed by atoms with Crippen molar-refractivity contribution in [3.8, 4) is 11.3 Å². The van der Waals surface area contributed by atoms with E-state index in [1.807, 2.05) is 29.7 Å². The molecule has 0 aliphatic rings. The number of thiazole rings is 1. The molecule has 3 rings (SSSR count). The van der Waals surface area contributed by atoms with Crippen LogP contribution in [0.15, 0.2) is 36.5 Å². The Balaban J connectivity index is 2.21. The van der Waals surface area contributed by atoms with Gasteiger partial charge in [-0.1, -0.05) is 23.7 Å². The summed E-state index contributed by atoms with van der Waals surface area (Å²) in [6, 6.07) is 7.33. The number of benzene rings is 1. The number of aryl methyl sites for hydroxylation is 1. The SMILES string of the molecule is Cc1cn2c(/C=C/C(=O)O)c(-c3ccc(Cl)cc3)nc2s1. The van der Waals surface area contributed by atoms with Gasteiger partial charge in [0.25, 0.3) is 0 Å². The number of carbonyl (C=O) groups is 1. The number of fused-ring (bicyclic) bond motifs is 1. The summed E-state index contributed by atoms with van der Waals surface area (Å²) in [5.41, 5.74) is 2.40. The van der Waals surface area contributed by atoms with Crippen molar-refractivity contribution >= 4 is 39.9 Å². The molecule has 21 heavy (non-hydrogen) atoms. The first-order chi connectivity index (χ1) is 10.0. The summed E-state index contributed by atoms with van der Waals surface area (Å²) in [5, 5.41) is 9.51. The number of carboxylic acid groups (broad SMARTS) is 1. The minimum atomic E-state index is -0.987. The average molecular weight is 319 g/mol. The number of halogens is 1. The van der Waals surface area contributed by atoms with Crippen molar-refractivity contribution in [3.63, 3.8) is 0 Å². The smallest absolute Gasteiger partial charge is 0.328 e. The standard InChI is InChI=1S/C15H11ClN2O2S/c1-9-8-18-12(6-7-13(19)20)14(17-15(18)21-9)10-2-4-11(16)5-3-10/h2-8H,1H3,(H,19,20)/b7-6+. The van der Waals surface area contributed by atoms with Gasteiger partial charge in [-0.05, 0) is 25.1 Å². The molecular weight excluding hydrogens is 308 g/mol. The number of hydrogen-bond acceptors (Lipinski definition) is 3. The van der Waals surface area contributed by atoms with Crippen molar-refractivity contribution in [2.75, 3.05) is 0 Å². The fourth-order valence-corrected chi connectivity index (χ4v) is 3.06. The van der Waals surface area contributed by atoms with Gasteiger partial charge in [0, 0.05) is 27.7 Å². The van der Waals surface area contributed by atoms with Crippen LogP contribution in [-0.4, -0.2) is 20.5 Å². The molecule has 0 saturated heterocycles. The molecule has 1 N–H and O–H groups in total. The van der Waals surface area contributed by atoms with Crippen molar-refractivity contribution < 1.29 is 9.90 Å². The number of imidazole rings is 1. The van der Waals surface area contributed by atoms with E-state index in [0.717, 1.165) is 32.9 Å². The predicted molar refractivity (Wildman–Crippen MR) is 84.9 cm³/mol. The summed E-state index contributed by atoms with van der Waals surface area (Å²) in [6.45, 7) is 1.99. The van der Waals surface area contributed by atoms with Crippen molar-refractivity contribution in [1.29, 1.82) is 0 Å². The van der Waals surface area contributed by atoms with Crippen molar-refractivity contribution in [2.24, 2.45) is 0 Å². The Kier molecular flexibility index (Phi) is 3.53. The van der Waals surface area contributed by atoms with Gasteiger partial charge in [0.1, 0.15) is 0 Å². The third-order valence-electron chi connectivity index (χ3n) is 2.98. The Morgan fingerprint density at radius 1 is 1.38 bits per heavy atom. The van der Waals surface area contributed by atoms with E-state index >= 15 is 0 Å². The molecule has 0 spiro atoms. The van der Waals surface area contributed by atoms with E-state index < -0.39 is 5.97 Å². The topological polar surface area (TPSA) is 54.6 Å². The van der Waals surface area contributed by atoms with E-state index in [0.29, 0.717) is 5.02 Å². The lowest BCUT2D eigenvalue weighted by Crippen LogP contribution is -1.89. The maximum Gasteiger partial charge on any atom is 0.328 e. The van der Waals surface area contributed by atoms with Gasteiger partial charge in [0.05, 0.1) is 11.4 Å². The summed E-state index contributed by atoms with van der Waals surface area (Å²) in [5.74, 6) is -0.987. The number of aliphatic carboxylic acids is 1. The molecule has 3 aromatic rings. The largest absolute Gasteiger partial charge is 0.478 e. The highest BCUT2D eigenvalue weighted by atomic mass is 35.5. The van der Waals surface area contributed by atoms with Crippen LogP contribution in [-0.2, 0) is 4.79 Å². The molecule has 0 fully saturated rings. The number of carboxylic acids is 1. The highest BCUT2D eigenvalue weighted by Crippen LogP contribution is 2.29. The molecule has 0 saturated carbocycles. The van der Waals surface area contributed by atoms with E-state index in [4.69, 9.17) is 16.7 Å². The van der Waals surface area contributed by atoms with E-state index in [1.165, 1.54) is 0 Å². The summed E-state index contributed by atoms with van der Waals surface area (Å²) >= 11 is 7.47. The molecule has 0 radical (unpaired) electrons. The van der Waals surface area contributed by atoms with Crippen molar-refractivity contribution in [3.05, 3.63) is 52.1 Å². The second-order valence-electron chi connectivity index (χ2n) is 4.52. The summed E-state index contributed by atoms with van der Waals surface area (Å²) in [4.78, 5) is 17.4. The molecule has 0 atom stereocenters. The van der Waals surface area contributed by atoms with Crippen LogP contribution < -0.4 is 0 Å². The fraction of sp³-hybridized carbons (Fsp3) is 0.0667. The molecule has 0 bridgehead atoms. The predicted octanol–water partition coefficient (Wildman–Crippen LogP) is 4.12. The Morgan fingerprint density at radius 3 is 2.76 bits per heavy atom. The van der Waals surface area contributed by atoms with Gasteiger partial charge in [-0.25, -0.2) is 9.78 Å². The van der Waals surface area contributed by atoms with E-state index in [1.54, 1.807) is 29.5 Å². The summed E-state index contributed by atoms with van der Waals surface area (Å²) in [7, 11) is 0. The first kappa shape index (κ1) is 13.9. The van der Waals surface area contributed by atoms with Crippen LogP contribution in [0.25, 0.3) is 22.3 Å². The average Bonchev–Trinajstić information content (AvgIpc) is 2.93. The number of aromatic nitrogens is 2. The van der Waals surface area contributed by atoms with Crippen LogP contribution in [0.1, 0.15) is 10.6 Å². The minimum absolute atomic E-state index is 0.651. The number of rotatable bonds is 3. The lowest BCUT2D eigenvalue weighted by atomic mass is 10.1. The molecule has 2 aromatic heterocycles. The van der Waals surface area contributed by atoms with Gasteiger partial charge in [0.15, 0.2) is 4.96 Å². The summed E-state index contributed by atoms with van der Waals surface area (Å²) < 4.78 is 1.91. The number of hydrogen-bond donors (Lipinski definition) is 1. The Morgan fingerprint density at radius 2 is 2.10 bits per heavy atom. The van der Waals surface area contributed by atoms with Gasteiger partial charge in [-0.3, -0.25) is 4.40 Å². The van der Waals surface area contributed by atoms with Gasteiger partial charge >= 0.3 is 5.97 Å². The molecule has 106 valence electrons. The maximum absolute atomic E-state index is 10.8. The Hall–Kier alpha value is -2.11. The van der Waals surface area contributed by atoms with Gasteiger partial charge in [0.2, 0.25) is 0 Å². The highest BCUT2D eigenvalue weighted by Gasteiger charge is 2.14. The summed E-state index contributed by atoms with van der Waals surface area (Å²) in [6.07, 6.45) is 4.64. The normalized spacial score (nSPS) is 11.5. The molecule has 0 amide bonds. The molecular formula is C15H11ClN2O2S. The molecule has 4 nitrogen and oxygen atoms in total. The minimum Gasteiger partial charge on any atom is -0.478 e. The van der Waals surface area contributed by atoms with E-state index in [2.05, 4.69) is 4.98 Å². The number of nitrogens with zero attached hydrogens (tertiary/aromatic N) is 2. The lowest BCUT2D eigenvalue weighted by molar-refractivity contribution is -0.131. The second-order valence-corrected chi connectivity index (χ2v) is 6.17. The van der Waals surface area contributed by atoms with Crippen LogP contribution in [0.4, 0.5) is 0 Å². The quantitative estimate of drug-likeness (QED) is 0.739. The maximum atomic E-state index is 10.8. The van der Waals surface area contributed by atoms with Crippen molar-refractivity contribution in [2.45, 2.75) is 6.92 Å². The Labute approximate surface area is 129 Å². The zero-order chi connectivity index (χ0) is 15.0. The second kappa shape index (κ2) is 5.35. The molecule has 1 aromatic carbocycles. The van der Waals surface area contributed by atoms with E-state index in [-0.39, 0.29) is 0 Å².